The van der Waals surface area contributed by atoms with Crippen molar-refractivity contribution in [3.05, 3.63) is 63.1 Å². The molecule has 36 heavy (non-hydrogen) atoms. The van der Waals surface area contributed by atoms with Crippen LogP contribution in [0.3, 0.4) is 0 Å². The van der Waals surface area contributed by atoms with E-state index in [-0.39, 0.29) is 37.7 Å². The number of aryl methyl sites for hydroxylation is 2. The van der Waals surface area contributed by atoms with Crippen LogP contribution < -0.4 is 9.62 Å². The van der Waals surface area contributed by atoms with Crippen molar-refractivity contribution in [2.75, 3.05) is 23.7 Å². The Hall–Kier alpha value is -2.29. The molecule has 7 nitrogen and oxygen atoms in total. The Morgan fingerprint density at radius 1 is 1.03 bits per heavy atom. The molecule has 2 aromatic carbocycles. The van der Waals surface area contributed by atoms with E-state index in [1.165, 1.54) is 9.21 Å². The van der Waals surface area contributed by atoms with E-state index in [0.717, 1.165) is 17.4 Å². The summed E-state index contributed by atoms with van der Waals surface area (Å²) in [7, 11) is -3.55. The van der Waals surface area contributed by atoms with Gasteiger partial charge in [0.05, 0.1) is 11.9 Å². The molecular formula is C26H35Cl2N3O4S. The van der Waals surface area contributed by atoms with Crippen molar-refractivity contribution >= 4 is 50.7 Å². The van der Waals surface area contributed by atoms with Crippen molar-refractivity contribution in [2.24, 2.45) is 0 Å². The highest BCUT2D eigenvalue weighted by atomic mass is 35.5. The first kappa shape index (κ1) is 29.9. The minimum atomic E-state index is -3.55. The molecular weight excluding hydrogens is 521 g/mol. The maximum absolute atomic E-state index is 13.4. The first-order valence-corrected chi connectivity index (χ1v) is 14.6. The molecule has 0 fully saturated rings. The summed E-state index contributed by atoms with van der Waals surface area (Å²) in [4.78, 5) is 27.7. The van der Waals surface area contributed by atoms with E-state index >= 15 is 0 Å². The second kappa shape index (κ2) is 13.3. The standard InChI is InChI=1S/C26H35Cl2N3O4S/c1-6-24(26(33)29-7-2)30(17-20-11-12-21(27)16-23(20)28)25(32)9-8-14-31(36(5,34)35)22-13-10-18(3)19(4)15-22/h10-13,15-16,24H,6-9,14,17H2,1-5H3,(H,29,33)/t24-/m1/s1. The van der Waals surface area contributed by atoms with Crippen LogP contribution in [0, 0.1) is 13.8 Å². The number of amides is 2. The van der Waals surface area contributed by atoms with E-state index in [4.69, 9.17) is 23.2 Å². The van der Waals surface area contributed by atoms with E-state index in [1.807, 2.05) is 39.8 Å². The van der Waals surface area contributed by atoms with Crippen LogP contribution in [-0.2, 0) is 26.2 Å². The summed E-state index contributed by atoms with van der Waals surface area (Å²) < 4.78 is 26.3. The highest BCUT2D eigenvalue weighted by Crippen LogP contribution is 2.25. The number of benzene rings is 2. The second-order valence-corrected chi connectivity index (χ2v) is 11.5. The third kappa shape index (κ3) is 8.11. The molecule has 2 amide bonds. The summed E-state index contributed by atoms with van der Waals surface area (Å²) in [5, 5.41) is 3.68. The molecule has 0 aromatic heterocycles. The van der Waals surface area contributed by atoms with Gasteiger partial charge in [0.15, 0.2) is 0 Å². The number of sulfonamides is 1. The van der Waals surface area contributed by atoms with Crippen molar-refractivity contribution in [1.82, 2.24) is 10.2 Å². The summed E-state index contributed by atoms with van der Waals surface area (Å²) in [6.45, 7) is 8.27. The average Bonchev–Trinajstić information content (AvgIpc) is 2.79. The van der Waals surface area contributed by atoms with Gasteiger partial charge in [0, 0.05) is 36.1 Å². The number of halogens is 2. The zero-order chi connectivity index (χ0) is 27.0. The normalized spacial score (nSPS) is 12.2. The Kier molecular flexibility index (Phi) is 11.1. The van der Waals surface area contributed by atoms with Gasteiger partial charge in [-0.1, -0.05) is 42.3 Å². The van der Waals surface area contributed by atoms with Crippen LogP contribution in [0.4, 0.5) is 5.69 Å². The highest BCUT2D eigenvalue weighted by Gasteiger charge is 2.29. The summed E-state index contributed by atoms with van der Waals surface area (Å²) in [6, 6.07) is 9.81. The van der Waals surface area contributed by atoms with Gasteiger partial charge in [-0.15, -0.1) is 0 Å². The molecule has 1 atom stereocenters. The zero-order valence-corrected chi connectivity index (χ0v) is 23.8. The Balaban J connectivity index is 2.25. The zero-order valence-electron chi connectivity index (χ0n) is 21.5. The van der Waals surface area contributed by atoms with Gasteiger partial charge in [0.2, 0.25) is 21.8 Å². The van der Waals surface area contributed by atoms with E-state index in [9.17, 15) is 18.0 Å². The predicted molar refractivity (Wildman–Crippen MR) is 147 cm³/mol. The lowest BCUT2D eigenvalue weighted by atomic mass is 10.1. The number of hydrogen-bond donors (Lipinski definition) is 1. The molecule has 0 radical (unpaired) electrons. The van der Waals surface area contributed by atoms with E-state index in [2.05, 4.69) is 5.32 Å². The molecule has 10 heteroatoms. The van der Waals surface area contributed by atoms with Gasteiger partial charge in [-0.3, -0.25) is 13.9 Å². The van der Waals surface area contributed by atoms with Crippen molar-refractivity contribution in [3.63, 3.8) is 0 Å². The molecule has 0 bridgehead atoms. The van der Waals surface area contributed by atoms with Crippen molar-refractivity contribution < 1.29 is 18.0 Å². The molecule has 2 aromatic rings. The van der Waals surface area contributed by atoms with Crippen molar-refractivity contribution in [2.45, 2.75) is 59.5 Å². The fourth-order valence-electron chi connectivity index (χ4n) is 3.93. The minimum Gasteiger partial charge on any atom is -0.355 e. The predicted octanol–water partition coefficient (Wildman–Crippen LogP) is 5.10. The quantitative estimate of drug-likeness (QED) is 0.394. The number of carbonyl (C=O) groups is 2. The number of likely N-dealkylation sites (N-methyl/N-ethyl adjacent to an activating group) is 1. The highest BCUT2D eigenvalue weighted by molar-refractivity contribution is 7.92. The number of hydrogen-bond acceptors (Lipinski definition) is 4. The number of nitrogens with zero attached hydrogens (tertiary/aromatic N) is 2. The van der Waals surface area contributed by atoms with E-state index < -0.39 is 16.1 Å². The van der Waals surface area contributed by atoms with Crippen LogP contribution in [-0.4, -0.2) is 50.5 Å². The first-order valence-electron chi connectivity index (χ1n) is 11.9. The fraction of sp³-hybridized carbons (Fsp3) is 0.462. The number of carbonyl (C=O) groups excluding carboxylic acids is 2. The van der Waals surface area contributed by atoms with Crippen molar-refractivity contribution in [1.29, 1.82) is 0 Å². The van der Waals surface area contributed by atoms with E-state index in [1.54, 1.807) is 24.3 Å². The smallest absolute Gasteiger partial charge is 0.242 e. The Bertz CT molecular complexity index is 1190. The maximum atomic E-state index is 13.4. The van der Waals surface area contributed by atoms with E-state index in [0.29, 0.717) is 34.3 Å². The van der Waals surface area contributed by atoms with Crippen LogP contribution in [0.2, 0.25) is 10.0 Å². The summed E-state index contributed by atoms with van der Waals surface area (Å²) in [5.74, 6) is -0.501. The van der Waals surface area contributed by atoms with Gasteiger partial charge >= 0.3 is 0 Å². The number of rotatable bonds is 12. The lowest BCUT2D eigenvalue weighted by Gasteiger charge is -2.31. The van der Waals surface area contributed by atoms with Crippen LogP contribution in [0.5, 0.6) is 0 Å². The average molecular weight is 557 g/mol. The molecule has 198 valence electrons. The monoisotopic (exact) mass is 555 g/mol. The Labute approximate surface area is 224 Å². The topological polar surface area (TPSA) is 86.8 Å². The van der Waals surface area contributed by atoms with Crippen LogP contribution in [0.1, 0.15) is 49.8 Å². The number of anilines is 1. The Morgan fingerprint density at radius 3 is 2.28 bits per heavy atom. The molecule has 0 unspecified atom stereocenters. The summed E-state index contributed by atoms with van der Waals surface area (Å²) in [6.07, 6.45) is 1.93. The van der Waals surface area contributed by atoms with Gasteiger partial charge < -0.3 is 10.2 Å². The van der Waals surface area contributed by atoms with Crippen LogP contribution in [0.25, 0.3) is 0 Å². The third-order valence-electron chi connectivity index (χ3n) is 6.02. The largest absolute Gasteiger partial charge is 0.355 e. The fourth-order valence-corrected chi connectivity index (χ4v) is 5.36. The number of nitrogens with one attached hydrogen (secondary N) is 1. The molecule has 2 rings (SSSR count). The molecule has 0 heterocycles. The molecule has 0 aliphatic carbocycles. The van der Waals surface area contributed by atoms with Gasteiger partial charge in [-0.2, -0.15) is 0 Å². The van der Waals surface area contributed by atoms with Crippen LogP contribution in [0.15, 0.2) is 36.4 Å². The summed E-state index contributed by atoms with van der Waals surface area (Å²) in [5.41, 5.74) is 3.28. The lowest BCUT2D eigenvalue weighted by Crippen LogP contribution is -2.49. The summed E-state index contributed by atoms with van der Waals surface area (Å²) >= 11 is 12.4. The van der Waals surface area contributed by atoms with Gasteiger partial charge in [-0.05, 0) is 74.6 Å². The molecule has 0 aliphatic heterocycles. The van der Waals surface area contributed by atoms with Gasteiger partial charge in [0.25, 0.3) is 0 Å². The van der Waals surface area contributed by atoms with Gasteiger partial charge in [-0.25, -0.2) is 8.42 Å². The molecule has 0 saturated heterocycles. The van der Waals surface area contributed by atoms with Crippen molar-refractivity contribution in [3.8, 4) is 0 Å². The minimum absolute atomic E-state index is 0.0674. The molecule has 0 spiro atoms. The maximum Gasteiger partial charge on any atom is 0.242 e. The lowest BCUT2D eigenvalue weighted by molar-refractivity contribution is -0.141. The molecule has 0 aliphatic rings. The molecule has 0 saturated carbocycles. The van der Waals surface area contributed by atoms with Gasteiger partial charge in [0.1, 0.15) is 6.04 Å². The Morgan fingerprint density at radius 2 is 1.72 bits per heavy atom. The van der Waals surface area contributed by atoms with Crippen LogP contribution >= 0.6 is 23.2 Å². The second-order valence-electron chi connectivity index (χ2n) is 8.78. The third-order valence-corrected chi connectivity index (χ3v) is 7.80. The first-order chi connectivity index (χ1) is 16.9. The molecule has 1 N–H and O–H groups in total. The SMILES string of the molecule is CCNC(=O)[C@@H](CC)N(Cc1ccc(Cl)cc1Cl)C(=O)CCCN(c1ccc(C)c(C)c1)S(C)(=O)=O.